The normalized spacial score (nSPS) is 15.8. The molecule has 0 spiro atoms. The highest BCUT2D eigenvalue weighted by Gasteiger charge is 2.29. The average molecular weight is 398 g/mol. The minimum atomic E-state index is -3.27. The molecule has 1 amide bonds. The Morgan fingerprint density at radius 1 is 1.00 bits per heavy atom. The highest BCUT2D eigenvalue weighted by Crippen LogP contribution is 2.23. The summed E-state index contributed by atoms with van der Waals surface area (Å²) >= 11 is 0. The lowest BCUT2D eigenvalue weighted by atomic mass is 9.97. The van der Waals surface area contributed by atoms with E-state index in [0.29, 0.717) is 12.8 Å². The van der Waals surface area contributed by atoms with Crippen molar-refractivity contribution in [2.75, 3.05) is 38.9 Å². The molecule has 1 saturated heterocycles. The van der Waals surface area contributed by atoms with Crippen molar-refractivity contribution < 1.29 is 32.3 Å². The Bertz CT molecular complexity index is 809. The molecule has 0 aliphatic carbocycles. The fraction of sp³-hybridized carbons (Fsp3) is 0.471. The van der Waals surface area contributed by atoms with Crippen LogP contribution in [-0.4, -0.2) is 64.1 Å². The molecule has 0 radical (unpaired) electrons. The first-order chi connectivity index (χ1) is 12.7. The van der Waals surface area contributed by atoms with Crippen LogP contribution >= 0.6 is 0 Å². The van der Waals surface area contributed by atoms with Crippen molar-refractivity contribution in [1.29, 1.82) is 0 Å². The van der Waals surface area contributed by atoms with Crippen LogP contribution in [0.1, 0.15) is 33.6 Å². The monoisotopic (exact) mass is 398 g/mol. The van der Waals surface area contributed by atoms with Crippen LogP contribution in [0.2, 0.25) is 0 Å². The number of carbonyl (C=O) groups excluding carboxylic acids is 3. The Balaban J connectivity index is 2.15. The number of nitrogens with zero attached hydrogens (tertiary/aromatic N) is 1. The first kappa shape index (κ1) is 20.8. The molecule has 0 bridgehead atoms. The average Bonchev–Trinajstić information content (AvgIpc) is 2.65. The molecule has 0 unspecified atom stereocenters. The summed E-state index contributed by atoms with van der Waals surface area (Å²) in [6, 6.07) is 4.13. The van der Waals surface area contributed by atoms with E-state index in [4.69, 9.17) is 0 Å². The van der Waals surface area contributed by atoms with Crippen molar-refractivity contribution >= 4 is 33.6 Å². The van der Waals surface area contributed by atoms with Gasteiger partial charge >= 0.3 is 11.9 Å². The molecule has 1 fully saturated rings. The number of rotatable bonds is 5. The van der Waals surface area contributed by atoms with Crippen molar-refractivity contribution in [2.45, 2.75) is 12.8 Å². The molecule has 1 aromatic rings. The summed E-state index contributed by atoms with van der Waals surface area (Å²) in [5.74, 6) is -1.98. The maximum Gasteiger partial charge on any atom is 0.337 e. The van der Waals surface area contributed by atoms with Gasteiger partial charge in [-0.1, -0.05) is 0 Å². The number of sulfonamides is 1. The summed E-state index contributed by atoms with van der Waals surface area (Å²) in [6.07, 6.45) is 1.92. The molecule has 1 aliphatic rings. The molecule has 1 aromatic carbocycles. The van der Waals surface area contributed by atoms with E-state index in [2.05, 4.69) is 14.8 Å². The van der Waals surface area contributed by atoms with Gasteiger partial charge in [0, 0.05) is 24.7 Å². The molecular formula is C17H22N2O7S. The summed E-state index contributed by atoms with van der Waals surface area (Å²) < 4.78 is 33.8. The number of methoxy groups -OCH3 is 2. The third kappa shape index (κ3) is 5.27. The topological polar surface area (TPSA) is 119 Å². The molecule has 0 saturated carbocycles. The van der Waals surface area contributed by atoms with Gasteiger partial charge in [-0.25, -0.2) is 22.3 Å². The van der Waals surface area contributed by atoms with Crippen LogP contribution in [0.15, 0.2) is 18.2 Å². The molecule has 0 aromatic heterocycles. The highest BCUT2D eigenvalue weighted by atomic mass is 32.2. The Hall–Kier alpha value is -2.46. The lowest BCUT2D eigenvalue weighted by molar-refractivity contribution is -0.120. The zero-order valence-electron chi connectivity index (χ0n) is 15.4. The van der Waals surface area contributed by atoms with E-state index < -0.39 is 22.0 Å². The van der Waals surface area contributed by atoms with Crippen molar-refractivity contribution in [2.24, 2.45) is 5.92 Å². The number of ether oxygens (including phenoxy) is 2. The lowest BCUT2D eigenvalue weighted by Crippen LogP contribution is -2.40. The fourth-order valence-electron chi connectivity index (χ4n) is 2.87. The van der Waals surface area contributed by atoms with Crippen molar-refractivity contribution in [3.63, 3.8) is 0 Å². The van der Waals surface area contributed by atoms with Crippen molar-refractivity contribution in [1.82, 2.24) is 4.31 Å². The molecule has 1 N–H and O–H groups in total. The Labute approximate surface area is 157 Å². The van der Waals surface area contributed by atoms with Gasteiger partial charge < -0.3 is 14.8 Å². The van der Waals surface area contributed by atoms with E-state index >= 15 is 0 Å². The summed E-state index contributed by atoms with van der Waals surface area (Å²) in [7, 11) is -0.853. The number of hydrogen-bond acceptors (Lipinski definition) is 7. The Kier molecular flexibility index (Phi) is 6.55. The van der Waals surface area contributed by atoms with Gasteiger partial charge in [0.2, 0.25) is 15.9 Å². The number of benzene rings is 1. The van der Waals surface area contributed by atoms with Crippen molar-refractivity contribution in [3.8, 4) is 0 Å². The number of carbonyl (C=O) groups is 3. The largest absolute Gasteiger partial charge is 0.465 e. The summed E-state index contributed by atoms with van der Waals surface area (Å²) in [4.78, 5) is 36.1. The summed E-state index contributed by atoms with van der Waals surface area (Å²) in [6.45, 7) is 0.541. The minimum absolute atomic E-state index is 0.0996. The number of piperidine rings is 1. The van der Waals surface area contributed by atoms with Crippen LogP contribution in [0, 0.1) is 5.92 Å². The number of anilines is 1. The zero-order chi connectivity index (χ0) is 20.2. The SMILES string of the molecule is COC(=O)c1cc(NC(=O)C2CCN(S(C)(=O)=O)CC2)cc(C(=O)OC)c1. The van der Waals surface area contributed by atoms with Crippen molar-refractivity contribution in [3.05, 3.63) is 29.3 Å². The summed E-state index contributed by atoms with van der Waals surface area (Å²) in [5.41, 5.74) is 0.457. The van der Waals surface area contributed by atoms with Gasteiger partial charge in [-0.2, -0.15) is 0 Å². The Morgan fingerprint density at radius 2 is 1.48 bits per heavy atom. The lowest BCUT2D eigenvalue weighted by Gasteiger charge is -2.29. The van der Waals surface area contributed by atoms with Crippen LogP contribution in [0.3, 0.4) is 0 Å². The van der Waals surface area contributed by atoms with Crippen LogP contribution in [0.5, 0.6) is 0 Å². The second-order valence-electron chi connectivity index (χ2n) is 6.21. The molecule has 9 nitrogen and oxygen atoms in total. The molecular weight excluding hydrogens is 376 g/mol. The standard InChI is InChI=1S/C17H22N2O7S/c1-25-16(21)12-8-13(17(22)26-2)10-14(9-12)18-15(20)11-4-6-19(7-5-11)27(3,23)24/h8-11H,4-7H2,1-3H3,(H,18,20). The third-order valence-electron chi connectivity index (χ3n) is 4.34. The van der Waals surface area contributed by atoms with Crippen LogP contribution < -0.4 is 5.32 Å². The second-order valence-corrected chi connectivity index (χ2v) is 8.19. The van der Waals surface area contributed by atoms with Gasteiger partial charge in [0.15, 0.2) is 0 Å². The zero-order valence-corrected chi connectivity index (χ0v) is 16.2. The van der Waals surface area contributed by atoms with E-state index in [0.717, 1.165) is 6.26 Å². The van der Waals surface area contributed by atoms with E-state index in [1.807, 2.05) is 0 Å². The molecule has 27 heavy (non-hydrogen) atoms. The molecule has 1 aliphatic heterocycles. The Morgan fingerprint density at radius 3 is 1.89 bits per heavy atom. The number of esters is 2. The molecule has 0 atom stereocenters. The summed E-state index contributed by atoms with van der Waals surface area (Å²) in [5, 5.41) is 2.68. The maximum absolute atomic E-state index is 12.5. The van der Waals surface area contributed by atoms with Gasteiger partial charge in [0.1, 0.15) is 0 Å². The molecule has 1 heterocycles. The van der Waals surface area contributed by atoms with Gasteiger partial charge in [-0.05, 0) is 31.0 Å². The minimum Gasteiger partial charge on any atom is -0.465 e. The number of hydrogen-bond donors (Lipinski definition) is 1. The van der Waals surface area contributed by atoms with Crippen LogP contribution in [-0.2, 0) is 24.3 Å². The van der Waals surface area contributed by atoms with E-state index in [1.165, 1.54) is 36.7 Å². The molecule has 2 rings (SSSR count). The van der Waals surface area contributed by atoms with Gasteiger partial charge in [-0.15, -0.1) is 0 Å². The van der Waals surface area contributed by atoms with E-state index in [-0.39, 0.29) is 41.7 Å². The van der Waals surface area contributed by atoms with E-state index in [1.54, 1.807) is 0 Å². The third-order valence-corrected chi connectivity index (χ3v) is 5.64. The fourth-order valence-corrected chi connectivity index (χ4v) is 3.74. The van der Waals surface area contributed by atoms with Gasteiger partial charge in [0.25, 0.3) is 0 Å². The first-order valence-corrected chi connectivity index (χ1v) is 10.1. The van der Waals surface area contributed by atoms with Gasteiger partial charge in [-0.3, -0.25) is 4.79 Å². The van der Waals surface area contributed by atoms with Gasteiger partial charge in [0.05, 0.1) is 31.6 Å². The molecule has 148 valence electrons. The van der Waals surface area contributed by atoms with Crippen LogP contribution in [0.25, 0.3) is 0 Å². The second kappa shape index (κ2) is 8.49. The quantitative estimate of drug-likeness (QED) is 0.731. The predicted octanol–water partition coefficient (Wildman–Crippen LogP) is 0.870. The smallest absolute Gasteiger partial charge is 0.337 e. The number of amides is 1. The molecule has 10 heteroatoms. The highest BCUT2D eigenvalue weighted by molar-refractivity contribution is 7.88. The van der Waals surface area contributed by atoms with Crippen LogP contribution in [0.4, 0.5) is 5.69 Å². The predicted molar refractivity (Wildman–Crippen MR) is 96.9 cm³/mol. The number of nitrogens with one attached hydrogen (secondary N) is 1. The maximum atomic E-state index is 12.5. The first-order valence-electron chi connectivity index (χ1n) is 8.23. The van der Waals surface area contributed by atoms with E-state index in [9.17, 15) is 22.8 Å².